The molecule has 0 unspecified atom stereocenters. The lowest BCUT2D eigenvalue weighted by Gasteiger charge is -2.02. The van der Waals surface area contributed by atoms with Gasteiger partial charge in [0, 0.05) is 12.8 Å². The predicted molar refractivity (Wildman–Crippen MR) is 97.6 cm³/mol. The Morgan fingerprint density at radius 3 is 1.22 bits per heavy atom. The molecule has 2 aromatic rings. The van der Waals surface area contributed by atoms with Crippen LogP contribution in [0.5, 0.6) is 0 Å². The highest BCUT2D eigenvalue weighted by atomic mass is 16.1. The fourth-order valence-corrected chi connectivity index (χ4v) is 1.99. The van der Waals surface area contributed by atoms with Crippen molar-refractivity contribution in [3.63, 3.8) is 0 Å². The van der Waals surface area contributed by atoms with Crippen molar-refractivity contribution in [2.75, 3.05) is 0 Å². The van der Waals surface area contributed by atoms with E-state index in [1.165, 1.54) is 0 Å². The van der Waals surface area contributed by atoms with E-state index in [9.17, 15) is 9.59 Å². The Balaban J connectivity index is 0.00000112. The van der Waals surface area contributed by atoms with Crippen LogP contribution in [0, 0.1) is 0 Å². The van der Waals surface area contributed by atoms with E-state index in [4.69, 9.17) is 0 Å². The molecule has 0 N–H and O–H groups in total. The van der Waals surface area contributed by atoms with Gasteiger partial charge in [-0.1, -0.05) is 88.4 Å². The molecule has 0 heterocycles. The highest BCUT2D eigenvalue weighted by Crippen LogP contribution is 2.05. The maximum Gasteiger partial charge on any atom is 0.144 e. The Morgan fingerprint density at radius 2 is 0.913 bits per heavy atom. The van der Waals surface area contributed by atoms with Gasteiger partial charge in [-0.2, -0.15) is 0 Å². The Kier molecular flexibility index (Phi) is 12.1. The zero-order valence-electron chi connectivity index (χ0n) is 14.7. The molecule has 2 aromatic carbocycles. The molecule has 0 amide bonds. The Hall–Kier alpha value is -2.22. The molecule has 23 heavy (non-hydrogen) atoms. The zero-order valence-corrected chi connectivity index (χ0v) is 14.7. The largest absolute Gasteiger partial charge is 0.299 e. The summed E-state index contributed by atoms with van der Waals surface area (Å²) in [7, 11) is 0. The molecule has 0 atom stereocenters. The Labute approximate surface area is 140 Å². The fraction of sp³-hybridized carbons (Fsp3) is 0.333. The van der Waals surface area contributed by atoms with E-state index in [1.807, 2.05) is 88.4 Å². The number of Topliss-reactive ketones (excluding diaryl/α,β-unsaturated/α-hetero) is 2. The van der Waals surface area contributed by atoms with Crippen molar-refractivity contribution in [2.45, 2.75) is 47.0 Å². The molecule has 0 aliphatic rings. The van der Waals surface area contributed by atoms with Gasteiger partial charge in [0.05, 0.1) is 6.42 Å². The molecule has 0 bridgehead atoms. The second kappa shape index (κ2) is 13.4. The van der Waals surface area contributed by atoms with Crippen LogP contribution in [0.15, 0.2) is 60.7 Å². The smallest absolute Gasteiger partial charge is 0.144 e. The molecule has 0 aliphatic carbocycles. The summed E-state index contributed by atoms with van der Waals surface area (Å²) in [4.78, 5) is 23.6. The third-order valence-electron chi connectivity index (χ3n) is 2.88. The second-order valence-corrected chi connectivity index (χ2v) is 4.58. The van der Waals surface area contributed by atoms with Crippen molar-refractivity contribution < 1.29 is 9.59 Å². The number of rotatable bonds is 6. The second-order valence-electron chi connectivity index (χ2n) is 4.58. The van der Waals surface area contributed by atoms with E-state index in [2.05, 4.69) is 0 Å². The van der Waals surface area contributed by atoms with Gasteiger partial charge >= 0.3 is 0 Å². The normalized spacial score (nSPS) is 8.87. The monoisotopic (exact) mass is 312 g/mol. The van der Waals surface area contributed by atoms with Gasteiger partial charge in [-0.15, -0.1) is 0 Å². The van der Waals surface area contributed by atoms with Crippen molar-refractivity contribution in [1.29, 1.82) is 0 Å². The molecular weight excluding hydrogens is 284 g/mol. The van der Waals surface area contributed by atoms with Gasteiger partial charge in [0.2, 0.25) is 0 Å². The average Bonchev–Trinajstić information content (AvgIpc) is 2.60. The highest BCUT2D eigenvalue weighted by Gasteiger charge is 2.10. The van der Waals surface area contributed by atoms with Crippen LogP contribution in [-0.4, -0.2) is 11.6 Å². The molecule has 124 valence electrons. The third-order valence-corrected chi connectivity index (χ3v) is 2.88. The number of hydrogen-bond acceptors (Lipinski definition) is 2. The summed E-state index contributed by atoms with van der Waals surface area (Å²) < 4.78 is 0. The van der Waals surface area contributed by atoms with Gasteiger partial charge < -0.3 is 0 Å². The minimum Gasteiger partial charge on any atom is -0.299 e. The van der Waals surface area contributed by atoms with Gasteiger partial charge in [0.1, 0.15) is 11.6 Å². The molecule has 2 rings (SSSR count). The van der Waals surface area contributed by atoms with Crippen molar-refractivity contribution in [2.24, 2.45) is 0 Å². The fourth-order valence-electron chi connectivity index (χ4n) is 1.99. The van der Waals surface area contributed by atoms with E-state index >= 15 is 0 Å². The summed E-state index contributed by atoms with van der Waals surface area (Å²) >= 11 is 0. The molecule has 0 saturated heterocycles. The third kappa shape index (κ3) is 9.41. The molecule has 2 heteroatoms. The molecule has 0 radical (unpaired) electrons. The lowest BCUT2D eigenvalue weighted by molar-refractivity contribution is -0.126. The van der Waals surface area contributed by atoms with Crippen LogP contribution < -0.4 is 0 Å². The van der Waals surface area contributed by atoms with Crippen LogP contribution in [-0.2, 0) is 22.4 Å². The Bertz CT molecular complexity index is 493. The summed E-state index contributed by atoms with van der Waals surface area (Å²) in [5.41, 5.74) is 1.92. The van der Waals surface area contributed by atoms with Crippen LogP contribution in [0.25, 0.3) is 0 Å². The highest BCUT2D eigenvalue weighted by molar-refractivity contribution is 6.00. The number of benzene rings is 2. The van der Waals surface area contributed by atoms with E-state index < -0.39 is 0 Å². The summed E-state index contributed by atoms with van der Waals surface area (Å²) in [6.45, 7) is 8.00. The maximum atomic E-state index is 11.8. The quantitative estimate of drug-likeness (QED) is 0.699. The molecule has 0 saturated carbocycles. The van der Waals surface area contributed by atoms with Crippen LogP contribution >= 0.6 is 0 Å². The van der Waals surface area contributed by atoms with E-state index in [1.54, 1.807) is 0 Å². The number of ketones is 2. The zero-order chi connectivity index (χ0) is 17.5. The minimum absolute atomic E-state index is 0.0176. The first-order valence-electron chi connectivity index (χ1n) is 8.35. The van der Waals surface area contributed by atoms with E-state index in [0.29, 0.717) is 12.8 Å². The molecule has 0 aromatic heterocycles. The van der Waals surface area contributed by atoms with Gasteiger partial charge in [-0.25, -0.2) is 0 Å². The minimum atomic E-state index is -0.0212. The first-order valence-corrected chi connectivity index (χ1v) is 8.35. The number of hydrogen-bond donors (Lipinski definition) is 0. The van der Waals surface area contributed by atoms with Crippen molar-refractivity contribution in [1.82, 2.24) is 0 Å². The lowest BCUT2D eigenvalue weighted by atomic mass is 10.0. The summed E-state index contributed by atoms with van der Waals surface area (Å²) in [5.74, 6) is -0.0423. The van der Waals surface area contributed by atoms with Gasteiger partial charge in [-0.3, -0.25) is 9.59 Å². The summed E-state index contributed by atoms with van der Waals surface area (Å²) in [6.07, 6.45) is 0.687. The molecule has 2 nitrogen and oxygen atoms in total. The number of carbonyl (C=O) groups is 2. The topological polar surface area (TPSA) is 34.1 Å². The first kappa shape index (κ1) is 20.8. The standard InChI is InChI=1S/C17H16O2.2C2H6/c18-16(11-14-7-3-1-4-8-14)13-17(19)12-15-9-5-2-6-10-15;2*1-2/h1-10H,11-13H2;2*1-2H3. The molecule has 0 aliphatic heterocycles. The Morgan fingerprint density at radius 1 is 0.609 bits per heavy atom. The van der Waals surface area contributed by atoms with Gasteiger partial charge in [-0.05, 0) is 11.1 Å². The predicted octanol–water partition coefficient (Wildman–Crippen LogP) is 5.05. The van der Waals surface area contributed by atoms with Crippen LogP contribution in [0.1, 0.15) is 45.2 Å². The average molecular weight is 312 g/mol. The lowest BCUT2D eigenvalue weighted by Crippen LogP contribution is -2.12. The maximum absolute atomic E-state index is 11.8. The summed E-state index contributed by atoms with van der Waals surface area (Å²) in [5, 5.41) is 0. The van der Waals surface area contributed by atoms with Crippen LogP contribution in [0.2, 0.25) is 0 Å². The SMILES string of the molecule is CC.CC.O=C(CC(=O)Cc1ccccc1)Cc1ccccc1. The molecule has 0 fully saturated rings. The van der Waals surface area contributed by atoms with Gasteiger partial charge in [0.25, 0.3) is 0 Å². The number of carbonyl (C=O) groups excluding carboxylic acids is 2. The first-order chi connectivity index (χ1) is 11.2. The van der Waals surface area contributed by atoms with E-state index in [-0.39, 0.29) is 18.0 Å². The van der Waals surface area contributed by atoms with Crippen molar-refractivity contribution in [3.05, 3.63) is 71.8 Å². The van der Waals surface area contributed by atoms with Crippen molar-refractivity contribution >= 4 is 11.6 Å². The van der Waals surface area contributed by atoms with Crippen LogP contribution in [0.4, 0.5) is 0 Å². The van der Waals surface area contributed by atoms with Crippen molar-refractivity contribution in [3.8, 4) is 0 Å². The molecule has 0 spiro atoms. The van der Waals surface area contributed by atoms with Crippen LogP contribution in [0.3, 0.4) is 0 Å². The van der Waals surface area contributed by atoms with Gasteiger partial charge in [0.15, 0.2) is 0 Å². The molecular formula is C21H28O2. The summed E-state index contributed by atoms with van der Waals surface area (Å²) in [6, 6.07) is 19.0. The van der Waals surface area contributed by atoms with E-state index in [0.717, 1.165) is 11.1 Å².